The van der Waals surface area contributed by atoms with Crippen LogP contribution in [0.5, 0.6) is 0 Å². The molecule has 3 rings (SSSR count). The Morgan fingerprint density at radius 1 is 1.27 bits per heavy atom. The van der Waals surface area contributed by atoms with Gasteiger partial charge in [-0.05, 0) is 43.5 Å². The van der Waals surface area contributed by atoms with Crippen molar-refractivity contribution in [3.05, 3.63) is 30.2 Å². The highest BCUT2D eigenvalue weighted by Gasteiger charge is 2.15. The lowest BCUT2D eigenvalue weighted by Crippen LogP contribution is -2.26. The number of fused-ring (bicyclic) bond motifs is 1. The van der Waals surface area contributed by atoms with Gasteiger partial charge in [-0.2, -0.15) is 5.10 Å². The minimum Gasteiger partial charge on any atom is -0.317 e. The Bertz CT molecular complexity index is 456. The number of piperidine rings is 1. The fraction of sp³-hybridized carbons (Fsp3) is 0.455. The molecule has 0 aliphatic carbocycles. The highest BCUT2D eigenvalue weighted by Crippen LogP contribution is 2.24. The summed E-state index contributed by atoms with van der Waals surface area (Å²) in [7, 11) is 0. The van der Waals surface area contributed by atoms with Crippen LogP contribution in [0.25, 0.3) is 5.65 Å². The zero-order valence-corrected chi connectivity index (χ0v) is 8.56. The maximum Gasteiger partial charge on any atom is 0.155 e. The van der Waals surface area contributed by atoms with Crippen molar-refractivity contribution in [1.29, 1.82) is 0 Å². The number of nitrogens with one attached hydrogen (secondary N) is 1. The molecule has 78 valence electrons. The van der Waals surface area contributed by atoms with Gasteiger partial charge < -0.3 is 5.32 Å². The fourth-order valence-corrected chi connectivity index (χ4v) is 2.23. The number of rotatable bonds is 1. The van der Waals surface area contributed by atoms with Gasteiger partial charge in [0.25, 0.3) is 0 Å². The largest absolute Gasteiger partial charge is 0.317 e. The van der Waals surface area contributed by atoms with E-state index in [1.165, 1.54) is 18.4 Å². The third-order valence-electron chi connectivity index (χ3n) is 3.11. The molecule has 15 heavy (non-hydrogen) atoms. The number of nitrogens with zero attached hydrogens (tertiary/aromatic N) is 3. The van der Waals surface area contributed by atoms with Gasteiger partial charge in [0.15, 0.2) is 5.65 Å². The molecule has 4 heteroatoms. The van der Waals surface area contributed by atoms with Crippen molar-refractivity contribution < 1.29 is 0 Å². The topological polar surface area (TPSA) is 42.2 Å². The van der Waals surface area contributed by atoms with E-state index in [9.17, 15) is 0 Å². The van der Waals surface area contributed by atoms with Crippen molar-refractivity contribution in [3.63, 3.8) is 0 Å². The standard InChI is InChI=1S/C11H14N4/c1-2-11-13-8-14-15(11)7-10(1)9-3-5-12-6-4-9/h1-2,7-9,12H,3-6H2. The van der Waals surface area contributed by atoms with Gasteiger partial charge in [-0.15, -0.1) is 0 Å². The minimum atomic E-state index is 0.680. The van der Waals surface area contributed by atoms with Crippen LogP contribution in [0.1, 0.15) is 24.3 Å². The van der Waals surface area contributed by atoms with Gasteiger partial charge in [0, 0.05) is 6.20 Å². The van der Waals surface area contributed by atoms with Crippen molar-refractivity contribution in [2.75, 3.05) is 13.1 Å². The van der Waals surface area contributed by atoms with Gasteiger partial charge in [-0.3, -0.25) is 0 Å². The van der Waals surface area contributed by atoms with E-state index in [0.717, 1.165) is 18.7 Å². The summed E-state index contributed by atoms with van der Waals surface area (Å²) < 4.78 is 1.86. The first-order valence-electron chi connectivity index (χ1n) is 5.43. The summed E-state index contributed by atoms with van der Waals surface area (Å²) in [6.07, 6.45) is 6.15. The molecule has 1 N–H and O–H groups in total. The molecule has 0 amide bonds. The fourth-order valence-electron chi connectivity index (χ4n) is 2.23. The summed E-state index contributed by atoms with van der Waals surface area (Å²) in [4.78, 5) is 4.14. The van der Waals surface area contributed by atoms with Crippen LogP contribution >= 0.6 is 0 Å². The quantitative estimate of drug-likeness (QED) is 0.755. The molecule has 2 aromatic rings. The highest BCUT2D eigenvalue weighted by molar-refractivity contribution is 5.38. The lowest BCUT2D eigenvalue weighted by molar-refractivity contribution is 0.459. The van der Waals surface area contributed by atoms with E-state index in [1.54, 1.807) is 6.33 Å². The lowest BCUT2D eigenvalue weighted by Gasteiger charge is -2.22. The molecule has 2 aromatic heterocycles. The van der Waals surface area contributed by atoms with E-state index in [4.69, 9.17) is 0 Å². The van der Waals surface area contributed by atoms with Crippen LogP contribution < -0.4 is 5.32 Å². The molecule has 0 unspecified atom stereocenters. The van der Waals surface area contributed by atoms with Gasteiger partial charge in [0.05, 0.1) is 0 Å². The Kier molecular flexibility index (Phi) is 2.14. The molecule has 1 fully saturated rings. The molecule has 1 aliphatic heterocycles. The molecule has 0 saturated carbocycles. The molecule has 0 spiro atoms. The third-order valence-corrected chi connectivity index (χ3v) is 3.11. The van der Waals surface area contributed by atoms with Gasteiger partial charge in [-0.25, -0.2) is 9.50 Å². The van der Waals surface area contributed by atoms with Crippen molar-refractivity contribution in [1.82, 2.24) is 19.9 Å². The van der Waals surface area contributed by atoms with Gasteiger partial charge in [-0.1, -0.05) is 6.07 Å². The van der Waals surface area contributed by atoms with Crippen molar-refractivity contribution in [2.24, 2.45) is 0 Å². The summed E-state index contributed by atoms with van der Waals surface area (Å²) in [5.41, 5.74) is 2.31. The molecule has 0 aromatic carbocycles. The van der Waals surface area contributed by atoms with E-state index >= 15 is 0 Å². The predicted octanol–water partition coefficient (Wildman–Crippen LogP) is 1.20. The van der Waals surface area contributed by atoms with E-state index in [1.807, 2.05) is 10.6 Å². The van der Waals surface area contributed by atoms with Gasteiger partial charge in [0.1, 0.15) is 6.33 Å². The number of aromatic nitrogens is 3. The maximum atomic E-state index is 4.16. The summed E-state index contributed by atoms with van der Waals surface area (Å²) >= 11 is 0. The van der Waals surface area contributed by atoms with Gasteiger partial charge >= 0.3 is 0 Å². The summed E-state index contributed by atoms with van der Waals surface area (Å²) in [6.45, 7) is 2.25. The monoisotopic (exact) mass is 202 g/mol. The second kappa shape index (κ2) is 3.62. The second-order valence-corrected chi connectivity index (χ2v) is 4.05. The number of hydrogen-bond donors (Lipinski definition) is 1. The Balaban J connectivity index is 1.95. The minimum absolute atomic E-state index is 0.680. The third kappa shape index (κ3) is 1.61. The van der Waals surface area contributed by atoms with Crippen LogP contribution in [-0.4, -0.2) is 27.7 Å². The Morgan fingerprint density at radius 2 is 2.13 bits per heavy atom. The highest BCUT2D eigenvalue weighted by atomic mass is 15.3. The molecule has 4 nitrogen and oxygen atoms in total. The van der Waals surface area contributed by atoms with E-state index < -0.39 is 0 Å². The maximum absolute atomic E-state index is 4.16. The molecule has 0 bridgehead atoms. The van der Waals surface area contributed by atoms with E-state index in [-0.39, 0.29) is 0 Å². The first kappa shape index (κ1) is 8.85. The van der Waals surface area contributed by atoms with Crippen LogP contribution in [0.15, 0.2) is 24.7 Å². The molecule has 3 heterocycles. The summed E-state index contributed by atoms with van der Waals surface area (Å²) in [5.74, 6) is 0.680. The predicted molar refractivity (Wildman–Crippen MR) is 57.8 cm³/mol. The molecule has 0 atom stereocenters. The molecule has 1 saturated heterocycles. The van der Waals surface area contributed by atoms with Crippen molar-refractivity contribution >= 4 is 5.65 Å². The Morgan fingerprint density at radius 3 is 3.00 bits per heavy atom. The molecule has 1 aliphatic rings. The smallest absolute Gasteiger partial charge is 0.155 e. The molecular formula is C11H14N4. The first-order valence-corrected chi connectivity index (χ1v) is 5.43. The van der Waals surface area contributed by atoms with Crippen LogP contribution in [-0.2, 0) is 0 Å². The average molecular weight is 202 g/mol. The van der Waals surface area contributed by atoms with E-state index in [0.29, 0.717) is 5.92 Å². The first-order chi connectivity index (χ1) is 7.43. The number of hydrogen-bond acceptors (Lipinski definition) is 3. The van der Waals surface area contributed by atoms with Crippen molar-refractivity contribution in [3.8, 4) is 0 Å². The Hall–Kier alpha value is -1.42. The van der Waals surface area contributed by atoms with Crippen LogP contribution in [0, 0.1) is 0 Å². The molecule has 0 radical (unpaired) electrons. The number of pyridine rings is 1. The zero-order valence-electron chi connectivity index (χ0n) is 8.56. The zero-order chi connectivity index (χ0) is 10.1. The SMILES string of the molecule is c1nc2ccc(C3CCNCC3)cn2n1. The normalized spacial score (nSPS) is 18.4. The van der Waals surface area contributed by atoms with Crippen molar-refractivity contribution in [2.45, 2.75) is 18.8 Å². The van der Waals surface area contributed by atoms with Gasteiger partial charge in [0.2, 0.25) is 0 Å². The lowest BCUT2D eigenvalue weighted by atomic mass is 9.91. The molecular weight excluding hydrogens is 188 g/mol. The summed E-state index contributed by atoms with van der Waals surface area (Å²) in [6, 6.07) is 4.23. The van der Waals surface area contributed by atoms with Crippen LogP contribution in [0.3, 0.4) is 0 Å². The van der Waals surface area contributed by atoms with E-state index in [2.05, 4.69) is 27.7 Å². The van der Waals surface area contributed by atoms with Crippen LogP contribution in [0.4, 0.5) is 0 Å². The van der Waals surface area contributed by atoms with Crippen LogP contribution in [0.2, 0.25) is 0 Å². The summed E-state index contributed by atoms with van der Waals surface area (Å²) in [5, 5.41) is 7.55. The Labute approximate surface area is 88.3 Å². The second-order valence-electron chi connectivity index (χ2n) is 4.05. The average Bonchev–Trinajstić information content (AvgIpc) is 2.77.